The average Bonchev–Trinajstić information content (AvgIpc) is 3.02. The Labute approximate surface area is 111 Å². The molecule has 3 aromatic heterocycles. The molecule has 0 amide bonds. The van der Waals surface area contributed by atoms with E-state index in [1.165, 1.54) is 0 Å². The first kappa shape index (κ1) is 10.8. The topological polar surface area (TPSA) is 0 Å². The molecule has 3 rings (SSSR count). The van der Waals surface area contributed by atoms with Gasteiger partial charge in [0.1, 0.15) is 0 Å². The van der Waals surface area contributed by atoms with Gasteiger partial charge >= 0.3 is 112 Å². The Balaban J connectivity index is 2.09. The van der Waals surface area contributed by atoms with Gasteiger partial charge in [0.15, 0.2) is 0 Å². The summed E-state index contributed by atoms with van der Waals surface area (Å²) >= 11 is 4.33. The summed E-state index contributed by atoms with van der Waals surface area (Å²) in [5.74, 6) is 0. The molecule has 0 fully saturated rings. The standard InChI is InChI=1S/C12H9GeS3/c1-4-10(14-7-1)13(11-5-2-8-15-11)12-6-3-9-16-12/h1-9H. The van der Waals surface area contributed by atoms with Crippen LogP contribution in [-0.4, -0.2) is 14.3 Å². The van der Waals surface area contributed by atoms with Gasteiger partial charge in [-0.2, -0.15) is 0 Å². The summed E-state index contributed by atoms with van der Waals surface area (Å²) in [7, 11) is 0. The monoisotopic (exact) mass is 323 g/mol. The molecule has 0 aliphatic carbocycles. The van der Waals surface area contributed by atoms with Crippen LogP contribution in [0.5, 0.6) is 0 Å². The van der Waals surface area contributed by atoms with Gasteiger partial charge in [-0.3, -0.25) is 0 Å². The van der Waals surface area contributed by atoms with Crippen LogP contribution in [0.1, 0.15) is 0 Å². The van der Waals surface area contributed by atoms with E-state index in [1.807, 2.05) is 34.0 Å². The van der Waals surface area contributed by atoms with Crippen molar-refractivity contribution in [2.24, 2.45) is 0 Å². The third kappa shape index (κ3) is 2.05. The van der Waals surface area contributed by atoms with Crippen LogP contribution in [0.15, 0.2) is 52.5 Å². The van der Waals surface area contributed by atoms with Crippen molar-refractivity contribution in [2.45, 2.75) is 0 Å². The minimum absolute atomic E-state index is 1.42. The molecule has 0 atom stereocenters. The molecule has 3 heterocycles. The van der Waals surface area contributed by atoms with Crippen LogP contribution < -0.4 is 11.1 Å². The summed E-state index contributed by atoms with van der Waals surface area (Å²) < 4.78 is 4.81. The van der Waals surface area contributed by atoms with E-state index in [1.54, 1.807) is 11.1 Å². The van der Waals surface area contributed by atoms with E-state index in [-0.39, 0.29) is 0 Å². The number of hydrogen-bond acceptors (Lipinski definition) is 3. The van der Waals surface area contributed by atoms with Crippen LogP contribution in [0, 0.1) is 0 Å². The van der Waals surface area contributed by atoms with Crippen molar-refractivity contribution in [3.8, 4) is 0 Å². The molecular formula is C12H9GeS3. The molecule has 1 radical (unpaired) electrons. The first-order chi connectivity index (χ1) is 7.95. The Bertz CT molecular complexity index is 441. The van der Waals surface area contributed by atoms with Crippen LogP contribution in [0.25, 0.3) is 0 Å². The summed E-state index contributed by atoms with van der Waals surface area (Å²) in [6, 6.07) is 13.4. The van der Waals surface area contributed by atoms with Gasteiger partial charge in [-0.05, 0) is 0 Å². The van der Waals surface area contributed by atoms with Crippen molar-refractivity contribution in [1.29, 1.82) is 0 Å². The molecule has 0 unspecified atom stereocenters. The molecule has 0 aliphatic heterocycles. The SMILES string of the molecule is c1cs[c]([Ge]([c]2cccs2)[c]2cccs2)c1. The fourth-order valence-electron chi connectivity index (χ4n) is 1.63. The van der Waals surface area contributed by atoms with E-state index in [9.17, 15) is 0 Å². The first-order valence-electron chi connectivity index (χ1n) is 4.94. The van der Waals surface area contributed by atoms with Crippen LogP contribution in [0.4, 0.5) is 0 Å². The van der Waals surface area contributed by atoms with E-state index in [0.29, 0.717) is 0 Å². The summed E-state index contributed by atoms with van der Waals surface area (Å²) in [5.41, 5.74) is 0. The summed E-state index contributed by atoms with van der Waals surface area (Å²) in [5, 5.41) is 6.59. The van der Waals surface area contributed by atoms with Crippen LogP contribution in [0.3, 0.4) is 0 Å². The van der Waals surface area contributed by atoms with Crippen molar-refractivity contribution in [1.82, 2.24) is 0 Å². The van der Waals surface area contributed by atoms with Crippen molar-refractivity contribution >= 4 is 59.5 Å². The molecule has 0 nitrogen and oxygen atoms in total. The van der Waals surface area contributed by atoms with E-state index in [4.69, 9.17) is 0 Å². The maximum atomic E-state index is 2.31. The Hall–Kier alpha value is -0.357. The third-order valence-corrected chi connectivity index (χ3v) is 13.9. The summed E-state index contributed by atoms with van der Waals surface area (Å²) in [4.78, 5) is 0. The van der Waals surface area contributed by atoms with Gasteiger partial charge in [-0.1, -0.05) is 0 Å². The molecule has 0 N–H and O–H groups in total. The van der Waals surface area contributed by atoms with Gasteiger partial charge in [-0.25, -0.2) is 0 Å². The van der Waals surface area contributed by atoms with Crippen molar-refractivity contribution in [2.75, 3.05) is 0 Å². The Morgan fingerprint density at radius 1 is 0.625 bits per heavy atom. The van der Waals surface area contributed by atoms with E-state index < -0.39 is 14.3 Å². The molecule has 16 heavy (non-hydrogen) atoms. The van der Waals surface area contributed by atoms with Gasteiger partial charge < -0.3 is 0 Å². The Morgan fingerprint density at radius 2 is 1.00 bits per heavy atom. The normalized spacial score (nSPS) is 11.1. The van der Waals surface area contributed by atoms with E-state index >= 15 is 0 Å². The predicted molar refractivity (Wildman–Crippen MR) is 77.6 cm³/mol. The number of rotatable bonds is 3. The molecule has 79 valence electrons. The molecule has 4 heteroatoms. The Kier molecular flexibility index (Phi) is 3.28. The Morgan fingerprint density at radius 3 is 1.25 bits per heavy atom. The fourth-order valence-corrected chi connectivity index (χ4v) is 14.5. The molecule has 0 spiro atoms. The van der Waals surface area contributed by atoms with Crippen LogP contribution in [0.2, 0.25) is 0 Å². The van der Waals surface area contributed by atoms with Crippen molar-refractivity contribution in [3.05, 3.63) is 52.5 Å². The van der Waals surface area contributed by atoms with Gasteiger partial charge in [0, 0.05) is 0 Å². The quantitative estimate of drug-likeness (QED) is 0.650. The number of hydrogen-bond donors (Lipinski definition) is 0. The molecule has 0 aromatic carbocycles. The molecule has 0 saturated carbocycles. The second kappa shape index (κ2) is 4.88. The zero-order chi connectivity index (χ0) is 10.8. The molecule has 0 saturated heterocycles. The van der Waals surface area contributed by atoms with Gasteiger partial charge in [0.25, 0.3) is 0 Å². The minimum atomic E-state index is -1.42. The maximum absolute atomic E-state index is 2.31. The fraction of sp³-hybridized carbons (Fsp3) is 0. The van der Waals surface area contributed by atoms with E-state index in [0.717, 1.165) is 0 Å². The average molecular weight is 322 g/mol. The molecule has 0 aliphatic rings. The van der Waals surface area contributed by atoms with E-state index in [2.05, 4.69) is 52.5 Å². The third-order valence-electron chi connectivity index (χ3n) is 2.30. The second-order valence-corrected chi connectivity index (χ2v) is 13.4. The van der Waals surface area contributed by atoms with Crippen LogP contribution in [-0.2, 0) is 0 Å². The summed E-state index contributed by atoms with van der Waals surface area (Å²) in [6.07, 6.45) is 0. The van der Waals surface area contributed by atoms with Gasteiger partial charge in [-0.15, -0.1) is 0 Å². The predicted octanol–water partition coefficient (Wildman–Crippen LogP) is 2.39. The second-order valence-electron chi connectivity index (χ2n) is 3.31. The summed E-state index contributed by atoms with van der Waals surface area (Å²) in [6.45, 7) is 0. The zero-order valence-corrected chi connectivity index (χ0v) is 13.0. The van der Waals surface area contributed by atoms with Crippen LogP contribution >= 0.6 is 34.0 Å². The molecule has 0 bridgehead atoms. The first-order valence-corrected chi connectivity index (χ1v) is 10.7. The molecular weight excluding hydrogens is 313 g/mol. The van der Waals surface area contributed by atoms with Gasteiger partial charge in [0.2, 0.25) is 0 Å². The van der Waals surface area contributed by atoms with Gasteiger partial charge in [0.05, 0.1) is 0 Å². The van der Waals surface area contributed by atoms with Crippen molar-refractivity contribution < 1.29 is 0 Å². The van der Waals surface area contributed by atoms with Crippen molar-refractivity contribution in [3.63, 3.8) is 0 Å². The molecule has 3 aromatic rings. The number of thiophene rings is 3. The zero-order valence-electron chi connectivity index (χ0n) is 8.42.